The molecule has 4 nitrogen and oxygen atoms in total. The molecule has 1 N–H and O–H groups in total. The molecule has 4 rings (SSSR count). The molecule has 0 amide bonds. The molecule has 0 aliphatic heterocycles. The number of carbonyl (C=O) groups is 1. The molecule has 35 heavy (non-hydrogen) atoms. The summed E-state index contributed by atoms with van der Waals surface area (Å²) in [7, 11) is -2.83. The number of aliphatic hydroxyl groups is 1. The van der Waals surface area contributed by atoms with Gasteiger partial charge in [0.05, 0.1) is 17.8 Å². The highest BCUT2D eigenvalue weighted by molar-refractivity contribution is 6.99. The second kappa shape index (κ2) is 10.3. The molecular formula is C30H34O4Si. The largest absolute Gasteiger partial charge is 0.461 e. The zero-order valence-electron chi connectivity index (χ0n) is 20.7. The number of aliphatic hydroxyl groups excluding tert-OH is 1. The van der Waals surface area contributed by atoms with Crippen molar-refractivity contribution in [2.45, 2.75) is 44.4 Å². The van der Waals surface area contributed by atoms with Gasteiger partial charge in [-0.05, 0) is 33.1 Å². The van der Waals surface area contributed by atoms with Gasteiger partial charge in [-0.15, -0.1) is 0 Å². The van der Waals surface area contributed by atoms with E-state index in [1.807, 2.05) is 30.3 Å². The van der Waals surface area contributed by atoms with Crippen molar-refractivity contribution in [2.75, 3.05) is 6.61 Å². The number of ether oxygens (including phenoxy) is 1. The van der Waals surface area contributed by atoms with Crippen LogP contribution in [0.15, 0.2) is 103 Å². The lowest BCUT2D eigenvalue weighted by Gasteiger charge is -2.45. The summed E-state index contributed by atoms with van der Waals surface area (Å²) in [4.78, 5) is 12.6. The van der Waals surface area contributed by atoms with Crippen molar-refractivity contribution in [1.82, 2.24) is 0 Å². The van der Waals surface area contributed by atoms with Gasteiger partial charge < -0.3 is 14.3 Å². The lowest BCUT2D eigenvalue weighted by molar-refractivity contribution is 0.0364. The molecule has 0 heterocycles. The van der Waals surface area contributed by atoms with E-state index in [4.69, 9.17) is 9.16 Å². The Balaban J connectivity index is 1.69. The number of esters is 1. The van der Waals surface area contributed by atoms with Gasteiger partial charge in [-0.25, -0.2) is 4.79 Å². The first-order valence-corrected chi connectivity index (χ1v) is 14.0. The van der Waals surface area contributed by atoms with Crippen molar-refractivity contribution in [3.63, 3.8) is 0 Å². The zero-order chi connectivity index (χ0) is 25.1. The van der Waals surface area contributed by atoms with Crippen molar-refractivity contribution in [1.29, 1.82) is 0 Å². The Bertz CT molecular complexity index is 1100. The molecule has 3 atom stereocenters. The van der Waals surface area contributed by atoms with Crippen LogP contribution in [0.3, 0.4) is 0 Å². The fraction of sp³-hybridized carbons (Fsp3) is 0.300. The summed E-state index contributed by atoms with van der Waals surface area (Å²) in [6.45, 7) is 10.9. The molecule has 1 fully saturated rings. The van der Waals surface area contributed by atoms with Crippen LogP contribution in [-0.4, -0.2) is 38.2 Å². The van der Waals surface area contributed by atoms with Gasteiger partial charge in [0.15, 0.2) is 0 Å². The molecule has 0 spiro atoms. The van der Waals surface area contributed by atoms with Crippen LogP contribution in [0, 0.1) is 5.92 Å². The smallest absolute Gasteiger partial charge is 0.338 e. The second-order valence-corrected chi connectivity index (χ2v) is 14.5. The van der Waals surface area contributed by atoms with E-state index in [1.165, 1.54) is 10.4 Å². The molecule has 5 heteroatoms. The first kappa shape index (κ1) is 25.1. The third-order valence-corrected chi connectivity index (χ3v) is 12.0. The first-order chi connectivity index (χ1) is 16.7. The van der Waals surface area contributed by atoms with Crippen LogP contribution in [0.25, 0.3) is 0 Å². The molecule has 182 valence electrons. The fourth-order valence-electron chi connectivity index (χ4n) is 5.11. The van der Waals surface area contributed by atoms with Crippen molar-refractivity contribution >= 4 is 24.7 Å². The Labute approximate surface area is 209 Å². The SMILES string of the molecule is C=C1[C@H](O)C[C@@H](O[Si](c2ccccc2)(c2ccccc2)C(C)(C)C)[C@H]1COC(=O)c1ccccc1. The number of hydrogen-bond acceptors (Lipinski definition) is 4. The topological polar surface area (TPSA) is 55.8 Å². The summed E-state index contributed by atoms with van der Waals surface area (Å²) in [5.41, 5.74) is 1.16. The standard InChI is InChI=1S/C30H34O4Si/c1-22-26(21-33-29(32)23-14-8-5-9-15-23)28(20-27(22)31)34-35(30(2,3)4,24-16-10-6-11-17-24)25-18-12-7-13-19-25/h5-19,26-28,31H,1,20-21H2,2-4H3/t26-,27+,28+/m0/s1. The van der Waals surface area contributed by atoms with Crippen LogP contribution in [-0.2, 0) is 9.16 Å². The van der Waals surface area contributed by atoms with Gasteiger partial charge in [0.1, 0.15) is 6.61 Å². The van der Waals surface area contributed by atoms with E-state index in [9.17, 15) is 9.90 Å². The summed E-state index contributed by atoms with van der Waals surface area (Å²) >= 11 is 0. The maximum atomic E-state index is 12.6. The minimum absolute atomic E-state index is 0.118. The van der Waals surface area contributed by atoms with Gasteiger partial charge in [0.25, 0.3) is 8.32 Å². The Hall–Kier alpha value is -2.99. The molecule has 1 aliphatic carbocycles. The van der Waals surface area contributed by atoms with Gasteiger partial charge in [-0.1, -0.05) is 106 Å². The third-order valence-electron chi connectivity index (χ3n) is 6.96. The van der Waals surface area contributed by atoms with Crippen molar-refractivity contribution in [2.24, 2.45) is 5.92 Å². The molecular weight excluding hydrogens is 452 g/mol. The Morgan fingerprint density at radius 1 is 0.914 bits per heavy atom. The summed E-state index contributed by atoms with van der Waals surface area (Å²) in [5, 5.41) is 12.9. The van der Waals surface area contributed by atoms with Crippen molar-refractivity contribution in [3.05, 3.63) is 109 Å². The summed E-state index contributed by atoms with van der Waals surface area (Å²) < 4.78 is 13.0. The number of rotatable bonds is 7. The maximum Gasteiger partial charge on any atom is 0.338 e. The van der Waals surface area contributed by atoms with Crippen LogP contribution in [0.2, 0.25) is 5.04 Å². The molecule has 1 aliphatic rings. The van der Waals surface area contributed by atoms with E-state index in [-0.39, 0.29) is 29.6 Å². The molecule has 1 saturated carbocycles. The Morgan fingerprint density at radius 3 is 1.89 bits per heavy atom. The summed E-state index contributed by atoms with van der Waals surface area (Å²) in [6, 6.07) is 29.8. The van der Waals surface area contributed by atoms with Crippen LogP contribution in [0.4, 0.5) is 0 Å². The summed E-state index contributed by atoms with van der Waals surface area (Å²) in [6.07, 6.45) is -0.595. The van der Waals surface area contributed by atoms with E-state index in [0.29, 0.717) is 17.6 Å². The van der Waals surface area contributed by atoms with E-state index < -0.39 is 14.4 Å². The molecule has 0 radical (unpaired) electrons. The van der Waals surface area contributed by atoms with Gasteiger partial charge in [-0.3, -0.25) is 0 Å². The van der Waals surface area contributed by atoms with Gasteiger partial charge in [-0.2, -0.15) is 0 Å². The van der Waals surface area contributed by atoms with Crippen LogP contribution >= 0.6 is 0 Å². The van der Waals surface area contributed by atoms with E-state index in [1.54, 1.807) is 12.1 Å². The molecule has 0 unspecified atom stereocenters. The number of carbonyl (C=O) groups excluding carboxylic acids is 1. The minimum Gasteiger partial charge on any atom is -0.461 e. The van der Waals surface area contributed by atoms with Gasteiger partial charge in [0.2, 0.25) is 0 Å². The van der Waals surface area contributed by atoms with Crippen LogP contribution in [0.1, 0.15) is 37.6 Å². The van der Waals surface area contributed by atoms with Gasteiger partial charge >= 0.3 is 5.97 Å². The molecule has 3 aromatic carbocycles. The lowest BCUT2D eigenvalue weighted by atomic mass is 10.0. The van der Waals surface area contributed by atoms with E-state index in [2.05, 4.69) is 75.9 Å². The third kappa shape index (κ3) is 5.03. The maximum absolute atomic E-state index is 12.6. The number of benzene rings is 3. The molecule has 0 aromatic heterocycles. The quantitative estimate of drug-likeness (QED) is 0.298. The summed E-state index contributed by atoms with van der Waals surface area (Å²) in [5.74, 6) is -0.678. The molecule has 0 bridgehead atoms. The van der Waals surface area contributed by atoms with Gasteiger partial charge in [0, 0.05) is 12.3 Å². The highest BCUT2D eigenvalue weighted by atomic mass is 28.4. The fourth-order valence-corrected chi connectivity index (χ4v) is 9.84. The Morgan fingerprint density at radius 2 is 1.40 bits per heavy atom. The highest BCUT2D eigenvalue weighted by Crippen LogP contribution is 2.42. The first-order valence-electron chi connectivity index (χ1n) is 12.1. The minimum atomic E-state index is -2.83. The van der Waals surface area contributed by atoms with Crippen molar-refractivity contribution in [3.8, 4) is 0 Å². The van der Waals surface area contributed by atoms with E-state index in [0.717, 1.165) is 0 Å². The lowest BCUT2D eigenvalue weighted by Crippen LogP contribution is -2.68. The predicted molar refractivity (Wildman–Crippen MR) is 142 cm³/mol. The molecule has 3 aromatic rings. The van der Waals surface area contributed by atoms with E-state index >= 15 is 0 Å². The highest BCUT2D eigenvalue weighted by Gasteiger charge is 2.53. The zero-order valence-corrected chi connectivity index (χ0v) is 21.7. The van der Waals surface area contributed by atoms with Crippen LogP contribution in [0.5, 0.6) is 0 Å². The average molecular weight is 487 g/mol. The predicted octanol–water partition coefficient (Wildman–Crippen LogP) is 4.73. The normalized spacial score (nSPS) is 20.6. The Kier molecular flexibility index (Phi) is 7.41. The number of hydrogen-bond donors (Lipinski definition) is 1. The molecule has 0 saturated heterocycles. The second-order valence-electron chi connectivity index (χ2n) is 10.2. The monoisotopic (exact) mass is 486 g/mol. The van der Waals surface area contributed by atoms with Crippen LogP contribution < -0.4 is 10.4 Å². The van der Waals surface area contributed by atoms with Crippen molar-refractivity contribution < 1.29 is 19.1 Å². The average Bonchev–Trinajstić information content (AvgIpc) is 3.13.